The van der Waals surface area contributed by atoms with Crippen LogP contribution >= 0.6 is 23.2 Å². The molecule has 0 heterocycles. The standard InChI is InChI=1S/C16H14Cl2O5/c1-9(16(20)21-2)22-10-3-5-11(6-4-10)23-15-8-14(19)12(17)7-13(15)18/h3-9,19H,1-2H3/i1+1D3. The zero-order valence-electron chi connectivity index (χ0n) is 14.9. The molecule has 0 aliphatic carbocycles. The van der Waals surface area contributed by atoms with Gasteiger partial charge in [-0.2, -0.15) is 0 Å². The number of esters is 1. The van der Waals surface area contributed by atoms with Crippen molar-refractivity contribution in [1.29, 1.82) is 0 Å². The van der Waals surface area contributed by atoms with Gasteiger partial charge in [0.05, 0.1) is 17.2 Å². The van der Waals surface area contributed by atoms with E-state index in [1.165, 1.54) is 36.4 Å². The number of methoxy groups -OCH3 is 1. The molecule has 0 radical (unpaired) electrons. The Morgan fingerprint density at radius 3 is 2.43 bits per heavy atom. The van der Waals surface area contributed by atoms with Gasteiger partial charge < -0.3 is 19.3 Å². The zero-order valence-corrected chi connectivity index (χ0v) is 13.4. The molecular weight excluding hydrogens is 344 g/mol. The molecular formula is C16H14Cl2O5. The largest absolute Gasteiger partial charge is 0.506 e. The first-order valence-electron chi connectivity index (χ1n) is 7.82. The summed E-state index contributed by atoms with van der Waals surface area (Å²) in [7, 11) is 1.08. The minimum atomic E-state index is -2.68. The van der Waals surface area contributed by atoms with Gasteiger partial charge >= 0.3 is 5.97 Å². The molecule has 1 unspecified atom stereocenters. The Morgan fingerprint density at radius 1 is 1.17 bits per heavy atom. The van der Waals surface area contributed by atoms with Gasteiger partial charge in [0.25, 0.3) is 0 Å². The number of ether oxygens (including phenoxy) is 3. The molecule has 0 aromatic heterocycles. The van der Waals surface area contributed by atoms with E-state index < -0.39 is 18.9 Å². The number of rotatable bonds is 5. The Morgan fingerprint density at radius 2 is 1.83 bits per heavy atom. The van der Waals surface area contributed by atoms with Crippen molar-refractivity contribution in [3.05, 3.63) is 46.4 Å². The quantitative estimate of drug-likeness (QED) is 0.630. The maximum absolute atomic E-state index is 11.6. The summed E-state index contributed by atoms with van der Waals surface area (Å²) in [6.45, 7) is -2.68. The van der Waals surface area contributed by atoms with E-state index in [1.54, 1.807) is 0 Å². The molecule has 7 heteroatoms. The smallest absolute Gasteiger partial charge is 0.346 e. The topological polar surface area (TPSA) is 65.0 Å². The van der Waals surface area contributed by atoms with E-state index in [2.05, 4.69) is 4.74 Å². The Balaban J connectivity index is 2.15. The third-order valence-corrected chi connectivity index (χ3v) is 3.32. The second-order valence-electron chi connectivity index (χ2n) is 4.33. The highest BCUT2D eigenvalue weighted by Gasteiger charge is 2.15. The number of hydrogen-bond acceptors (Lipinski definition) is 5. The molecule has 1 atom stereocenters. The van der Waals surface area contributed by atoms with E-state index in [1.807, 2.05) is 0 Å². The van der Waals surface area contributed by atoms with E-state index in [0.717, 1.165) is 7.11 Å². The summed E-state index contributed by atoms with van der Waals surface area (Å²) in [5.74, 6) is -0.547. The number of carbonyl (C=O) groups is 1. The highest BCUT2D eigenvalue weighted by atomic mass is 35.5. The average molecular weight is 361 g/mol. The maximum atomic E-state index is 11.6. The van der Waals surface area contributed by atoms with Crippen LogP contribution in [-0.2, 0) is 9.53 Å². The molecule has 0 aliphatic heterocycles. The van der Waals surface area contributed by atoms with Crippen molar-refractivity contribution in [3.8, 4) is 23.0 Å². The first kappa shape index (κ1) is 13.3. The predicted octanol–water partition coefficient (Wildman–Crippen LogP) is 4.43. The van der Waals surface area contributed by atoms with Crippen LogP contribution in [0.4, 0.5) is 0 Å². The number of carbonyl (C=O) groups excluding carboxylic acids is 1. The van der Waals surface area contributed by atoms with Gasteiger partial charge in [-0.3, -0.25) is 0 Å². The average Bonchev–Trinajstić information content (AvgIpc) is 2.57. The molecule has 2 aromatic rings. The van der Waals surface area contributed by atoms with Crippen LogP contribution in [0.25, 0.3) is 0 Å². The van der Waals surface area contributed by atoms with Crippen LogP contribution in [0.15, 0.2) is 36.4 Å². The van der Waals surface area contributed by atoms with Gasteiger partial charge in [0, 0.05) is 10.2 Å². The Labute approximate surface area is 147 Å². The Hall–Kier alpha value is -2.11. The van der Waals surface area contributed by atoms with Crippen molar-refractivity contribution in [2.24, 2.45) is 0 Å². The molecule has 0 fully saturated rings. The summed E-state index contributed by atoms with van der Waals surface area (Å²) in [6, 6.07) is 8.39. The Kier molecular flexibility index (Phi) is 4.31. The fourth-order valence-corrected chi connectivity index (χ4v) is 2.02. The summed E-state index contributed by atoms with van der Waals surface area (Å²) in [6.07, 6.45) is -1.75. The summed E-state index contributed by atoms with van der Waals surface area (Å²) in [5, 5.41) is 9.89. The number of benzene rings is 2. The van der Waals surface area contributed by atoms with Crippen molar-refractivity contribution in [2.75, 3.05) is 7.11 Å². The first-order chi connectivity index (χ1) is 12.1. The van der Waals surface area contributed by atoms with Gasteiger partial charge in [-0.1, -0.05) is 23.2 Å². The lowest BCUT2D eigenvalue weighted by Crippen LogP contribution is -2.24. The highest BCUT2D eigenvalue weighted by molar-refractivity contribution is 6.36. The minimum Gasteiger partial charge on any atom is -0.506 e. The SMILES string of the molecule is [2H][13C]([2H])([2H])C(Oc1ccc(Oc2cc(O)c(Cl)cc2Cl)cc1)C(=O)OC. The van der Waals surface area contributed by atoms with Gasteiger partial charge in [-0.25, -0.2) is 4.79 Å². The van der Waals surface area contributed by atoms with Gasteiger partial charge in [-0.15, -0.1) is 0 Å². The van der Waals surface area contributed by atoms with Crippen LogP contribution in [0.2, 0.25) is 10.0 Å². The van der Waals surface area contributed by atoms with Crippen molar-refractivity contribution in [3.63, 3.8) is 0 Å². The summed E-state index contributed by atoms with van der Waals surface area (Å²) in [4.78, 5) is 11.6. The molecule has 0 amide bonds. The van der Waals surface area contributed by atoms with Gasteiger partial charge in [0.15, 0.2) is 6.10 Å². The number of hydrogen-bond donors (Lipinski definition) is 1. The molecule has 0 aliphatic rings. The zero-order chi connectivity index (χ0) is 19.5. The van der Waals surface area contributed by atoms with Crippen LogP contribution in [0, 0.1) is 0 Å². The molecule has 2 aromatic carbocycles. The van der Waals surface area contributed by atoms with Crippen molar-refractivity contribution in [2.45, 2.75) is 13.0 Å². The second kappa shape index (κ2) is 7.44. The maximum Gasteiger partial charge on any atom is 0.346 e. The van der Waals surface area contributed by atoms with Crippen LogP contribution in [-0.4, -0.2) is 24.3 Å². The van der Waals surface area contributed by atoms with Crippen LogP contribution in [0.1, 0.15) is 11.0 Å². The molecule has 122 valence electrons. The van der Waals surface area contributed by atoms with Crippen LogP contribution in [0.3, 0.4) is 0 Å². The van der Waals surface area contributed by atoms with Crippen molar-refractivity contribution < 1.29 is 28.2 Å². The molecule has 0 saturated carbocycles. The number of halogens is 2. The van der Waals surface area contributed by atoms with E-state index in [-0.39, 0.29) is 27.3 Å². The van der Waals surface area contributed by atoms with E-state index >= 15 is 0 Å². The normalized spacial score (nSPS) is 14.1. The lowest BCUT2D eigenvalue weighted by molar-refractivity contribution is -0.147. The van der Waals surface area contributed by atoms with Gasteiger partial charge in [0.1, 0.15) is 23.0 Å². The monoisotopic (exact) mass is 360 g/mol. The summed E-state index contributed by atoms with van der Waals surface area (Å²) < 4.78 is 37.3. The second-order valence-corrected chi connectivity index (χ2v) is 5.14. The summed E-state index contributed by atoms with van der Waals surface area (Å²) >= 11 is 11.7. The van der Waals surface area contributed by atoms with Crippen LogP contribution < -0.4 is 9.47 Å². The van der Waals surface area contributed by atoms with Crippen LogP contribution in [0.5, 0.6) is 23.0 Å². The molecule has 0 bridgehead atoms. The molecule has 2 rings (SSSR count). The molecule has 1 N–H and O–H groups in total. The molecule has 0 spiro atoms. The number of aromatic hydroxyl groups is 1. The van der Waals surface area contributed by atoms with E-state index in [9.17, 15) is 9.90 Å². The van der Waals surface area contributed by atoms with Crippen molar-refractivity contribution >= 4 is 29.2 Å². The molecule has 23 heavy (non-hydrogen) atoms. The number of phenolic OH excluding ortho intramolecular Hbond substituents is 1. The fraction of sp³-hybridized carbons (Fsp3) is 0.188. The lowest BCUT2D eigenvalue weighted by Gasteiger charge is -2.13. The van der Waals surface area contributed by atoms with E-state index in [0.29, 0.717) is 5.75 Å². The Bertz CT molecular complexity index is 794. The lowest BCUT2D eigenvalue weighted by atomic mass is 10.3. The minimum absolute atomic E-state index is 0.0876. The van der Waals surface area contributed by atoms with Gasteiger partial charge in [-0.05, 0) is 37.2 Å². The fourth-order valence-electron chi connectivity index (χ4n) is 1.60. The van der Waals surface area contributed by atoms with Gasteiger partial charge in [0.2, 0.25) is 0 Å². The summed E-state index contributed by atoms with van der Waals surface area (Å²) in [5.41, 5.74) is 0. The third kappa shape index (κ3) is 4.43. The predicted molar refractivity (Wildman–Crippen MR) is 86.7 cm³/mol. The third-order valence-electron chi connectivity index (χ3n) is 2.72. The highest BCUT2D eigenvalue weighted by Crippen LogP contribution is 2.37. The first-order valence-corrected chi connectivity index (χ1v) is 7.08. The molecule has 0 saturated heterocycles. The van der Waals surface area contributed by atoms with Crippen molar-refractivity contribution in [1.82, 2.24) is 0 Å². The van der Waals surface area contributed by atoms with E-state index in [4.69, 9.17) is 36.8 Å². The number of phenols is 1. The molecule has 5 nitrogen and oxygen atoms in total.